The molecule has 4 nitrogen and oxygen atoms in total. The summed E-state index contributed by atoms with van der Waals surface area (Å²) in [5.41, 5.74) is 1.34. The van der Waals surface area contributed by atoms with Gasteiger partial charge in [-0.1, -0.05) is 30.3 Å². The molecule has 2 heterocycles. The van der Waals surface area contributed by atoms with Crippen LogP contribution in [0.5, 0.6) is 0 Å². The molecule has 1 aromatic heterocycles. The van der Waals surface area contributed by atoms with Crippen LogP contribution in [-0.4, -0.2) is 29.6 Å². The van der Waals surface area contributed by atoms with E-state index in [0.29, 0.717) is 0 Å². The van der Waals surface area contributed by atoms with E-state index in [9.17, 15) is 0 Å². The molecule has 0 saturated carbocycles. The fraction of sp³-hybridized carbons (Fsp3) is 0.375. The van der Waals surface area contributed by atoms with Crippen molar-refractivity contribution in [3.63, 3.8) is 0 Å². The second kappa shape index (κ2) is 6.37. The van der Waals surface area contributed by atoms with E-state index in [-0.39, 0.29) is 0 Å². The first-order chi connectivity index (χ1) is 9.92. The quantitative estimate of drug-likeness (QED) is 0.905. The van der Waals surface area contributed by atoms with E-state index in [4.69, 9.17) is 0 Å². The fourth-order valence-corrected chi connectivity index (χ4v) is 2.54. The maximum atomic E-state index is 4.36. The lowest BCUT2D eigenvalue weighted by atomic mass is 10.1. The van der Waals surface area contributed by atoms with Crippen molar-refractivity contribution in [2.45, 2.75) is 19.3 Å². The van der Waals surface area contributed by atoms with Gasteiger partial charge in [0, 0.05) is 25.7 Å². The first-order valence-corrected chi connectivity index (χ1v) is 7.26. The van der Waals surface area contributed by atoms with Crippen molar-refractivity contribution in [1.29, 1.82) is 0 Å². The maximum absolute atomic E-state index is 4.36. The highest BCUT2D eigenvalue weighted by molar-refractivity contribution is 5.48. The first-order valence-electron chi connectivity index (χ1n) is 7.26. The Morgan fingerprint density at radius 1 is 1.05 bits per heavy atom. The van der Waals surface area contributed by atoms with Crippen LogP contribution in [0, 0.1) is 0 Å². The molecule has 2 aromatic rings. The van der Waals surface area contributed by atoms with Crippen molar-refractivity contribution in [2.75, 3.05) is 29.9 Å². The minimum absolute atomic E-state index is 0.889. The number of hydrogen-bond donors (Lipinski definition) is 1. The normalized spacial score (nSPS) is 14.5. The number of hydrogen-bond acceptors (Lipinski definition) is 4. The van der Waals surface area contributed by atoms with Crippen molar-refractivity contribution < 1.29 is 0 Å². The van der Waals surface area contributed by atoms with Crippen LogP contribution in [-0.2, 0) is 6.42 Å². The SMILES string of the molecule is c1ccc(CCNc2cc(N3CCCC3)ncn2)cc1. The molecule has 0 radical (unpaired) electrons. The molecule has 0 bridgehead atoms. The summed E-state index contributed by atoms with van der Waals surface area (Å²) >= 11 is 0. The van der Waals surface area contributed by atoms with Crippen molar-refractivity contribution in [2.24, 2.45) is 0 Å². The van der Waals surface area contributed by atoms with E-state index in [0.717, 1.165) is 37.7 Å². The lowest BCUT2D eigenvalue weighted by Gasteiger charge is -2.16. The van der Waals surface area contributed by atoms with Crippen LogP contribution in [0.1, 0.15) is 18.4 Å². The molecule has 0 amide bonds. The van der Waals surface area contributed by atoms with Crippen LogP contribution >= 0.6 is 0 Å². The van der Waals surface area contributed by atoms with Gasteiger partial charge in [-0.2, -0.15) is 0 Å². The monoisotopic (exact) mass is 268 g/mol. The van der Waals surface area contributed by atoms with E-state index in [1.165, 1.54) is 18.4 Å². The minimum atomic E-state index is 0.889. The molecule has 0 unspecified atom stereocenters. The van der Waals surface area contributed by atoms with Gasteiger partial charge in [-0.25, -0.2) is 9.97 Å². The molecule has 1 aromatic carbocycles. The first kappa shape index (κ1) is 12.9. The number of aromatic nitrogens is 2. The molecule has 1 fully saturated rings. The van der Waals surface area contributed by atoms with Crippen LogP contribution in [0.15, 0.2) is 42.7 Å². The molecule has 1 saturated heterocycles. The van der Waals surface area contributed by atoms with E-state index in [1.54, 1.807) is 6.33 Å². The molecule has 3 rings (SSSR count). The zero-order chi connectivity index (χ0) is 13.6. The van der Waals surface area contributed by atoms with Gasteiger partial charge in [0.2, 0.25) is 0 Å². The van der Waals surface area contributed by atoms with E-state index in [2.05, 4.69) is 50.5 Å². The zero-order valence-corrected chi connectivity index (χ0v) is 11.6. The summed E-state index contributed by atoms with van der Waals surface area (Å²) in [4.78, 5) is 11.0. The second-order valence-electron chi connectivity index (χ2n) is 5.12. The summed E-state index contributed by atoms with van der Waals surface area (Å²) in [5, 5.41) is 3.38. The fourth-order valence-electron chi connectivity index (χ4n) is 2.54. The van der Waals surface area contributed by atoms with Gasteiger partial charge in [0.25, 0.3) is 0 Å². The van der Waals surface area contributed by atoms with Crippen LogP contribution < -0.4 is 10.2 Å². The van der Waals surface area contributed by atoms with Gasteiger partial charge in [-0.15, -0.1) is 0 Å². The molecule has 0 atom stereocenters. The molecule has 20 heavy (non-hydrogen) atoms. The van der Waals surface area contributed by atoms with Gasteiger partial charge < -0.3 is 10.2 Å². The summed E-state index contributed by atoms with van der Waals surface area (Å²) < 4.78 is 0. The third-order valence-corrected chi connectivity index (χ3v) is 3.65. The van der Waals surface area contributed by atoms with Gasteiger partial charge in [0.15, 0.2) is 0 Å². The highest BCUT2D eigenvalue weighted by atomic mass is 15.2. The lowest BCUT2D eigenvalue weighted by Crippen LogP contribution is -2.19. The van der Waals surface area contributed by atoms with E-state index in [1.807, 2.05) is 6.07 Å². The Morgan fingerprint density at radius 3 is 2.65 bits per heavy atom. The van der Waals surface area contributed by atoms with Crippen LogP contribution in [0.3, 0.4) is 0 Å². The van der Waals surface area contributed by atoms with Crippen molar-refractivity contribution in [3.05, 3.63) is 48.3 Å². The van der Waals surface area contributed by atoms with Crippen molar-refractivity contribution >= 4 is 11.6 Å². The third kappa shape index (κ3) is 3.26. The molecule has 1 aliphatic heterocycles. The number of anilines is 2. The summed E-state index contributed by atoms with van der Waals surface area (Å²) in [5.74, 6) is 1.96. The van der Waals surface area contributed by atoms with Gasteiger partial charge in [0.05, 0.1) is 0 Å². The Balaban J connectivity index is 1.56. The molecular formula is C16H20N4. The number of rotatable bonds is 5. The highest BCUT2D eigenvalue weighted by Gasteiger charge is 2.13. The predicted molar refractivity (Wildman–Crippen MR) is 82.1 cm³/mol. The second-order valence-corrected chi connectivity index (χ2v) is 5.12. The Labute approximate surface area is 119 Å². The van der Waals surface area contributed by atoms with Crippen LogP contribution in [0.25, 0.3) is 0 Å². The smallest absolute Gasteiger partial charge is 0.134 e. The average molecular weight is 268 g/mol. The lowest BCUT2D eigenvalue weighted by molar-refractivity contribution is 0.923. The topological polar surface area (TPSA) is 41.0 Å². The summed E-state index contributed by atoms with van der Waals surface area (Å²) in [6, 6.07) is 12.5. The Morgan fingerprint density at radius 2 is 1.85 bits per heavy atom. The largest absolute Gasteiger partial charge is 0.370 e. The molecule has 1 aliphatic rings. The Kier molecular flexibility index (Phi) is 4.11. The molecular weight excluding hydrogens is 248 g/mol. The van der Waals surface area contributed by atoms with Gasteiger partial charge in [-0.3, -0.25) is 0 Å². The van der Waals surface area contributed by atoms with Crippen LogP contribution in [0.4, 0.5) is 11.6 Å². The maximum Gasteiger partial charge on any atom is 0.134 e. The molecule has 4 heteroatoms. The third-order valence-electron chi connectivity index (χ3n) is 3.65. The molecule has 104 valence electrons. The number of nitrogens with one attached hydrogen (secondary N) is 1. The highest BCUT2D eigenvalue weighted by Crippen LogP contribution is 2.19. The summed E-state index contributed by atoms with van der Waals surface area (Å²) in [6.07, 6.45) is 5.18. The number of nitrogens with zero attached hydrogens (tertiary/aromatic N) is 3. The standard InChI is InChI=1S/C16H20N4/c1-2-6-14(7-3-1)8-9-17-15-12-16(19-13-18-15)20-10-4-5-11-20/h1-3,6-7,12-13H,4-5,8-11H2,(H,17,18,19). The van der Waals surface area contributed by atoms with Crippen LogP contribution in [0.2, 0.25) is 0 Å². The molecule has 0 aliphatic carbocycles. The predicted octanol–water partition coefficient (Wildman–Crippen LogP) is 2.73. The van der Waals surface area contributed by atoms with E-state index >= 15 is 0 Å². The van der Waals surface area contributed by atoms with E-state index < -0.39 is 0 Å². The van der Waals surface area contributed by atoms with Gasteiger partial charge in [0.1, 0.15) is 18.0 Å². The van der Waals surface area contributed by atoms with Crippen molar-refractivity contribution in [1.82, 2.24) is 9.97 Å². The Hall–Kier alpha value is -2.10. The van der Waals surface area contributed by atoms with Gasteiger partial charge >= 0.3 is 0 Å². The summed E-state index contributed by atoms with van der Waals surface area (Å²) in [7, 11) is 0. The molecule has 0 spiro atoms. The van der Waals surface area contributed by atoms with Crippen molar-refractivity contribution in [3.8, 4) is 0 Å². The summed E-state index contributed by atoms with van der Waals surface area (Å²) in [6.45, 7) is 3.11. The van der Waals surface area contributed by atoms with Gasteiger partial charge in [-0.05, 0) is 24.8 Å². The molecule has 1 N–H and O–H groups in total. The average Bonchev–Trinajstić information content (AvgIpc) is 3.03. The minimum Gasteiger partial charge on any atom is -0.370 e. The zero-order valence-electron chi connectivity index (χ0n) is 11.6. The number of benzene rings is 1. The Bertz CT molecular complexity index is 535.